The highest BCUT2D eigenvalue weighted by Gasteiger charge is 2.46. The molecule has 0 amide bonds. The lowest BCUT2D eigenvalue weighted by atomic mass is 9.99. The minimum atomic E-state index is -0.946. The minimum Gasteiger partial charge on any atom is -0.387 e. The Hall–Kier alpha value is -1.41. The van der Waals surface area contributed by atoms with E-state index in [1.54, 1.807) is 0 Å². The number of hydrogen-bond acceptors (Lipinski definition) is 6. The average molecular weight is 374 g/mol. The molecule has 0 radical (unpaired) electrons. The third-order valence-corrected chi connectivity index (χ3v) is 5.89. The highest BCUT2D eigenvalue weighted by Crippen LogP contribution is 2.35. The molecule has 0 spiro atoms. The van der Waals surface area contributed by atoms with Crippen LogP contribution in [0, 0.1) is 0 Å². The summed E-state index contributed by atoms with van der Waals surface area (Å²) in [5.74, 6) is 0. The van der Waals surface area contributed by atoms with Gasteiger partial charge in [-0.05, 0) is 23.3 Å². The molecule has 26 heavy (non-hydrogen) atoms. The number of thioether (sulfide) groups is 1. The van der Waals surface area contributed by atoms with E-state index < -0.39 is 29.9 Å². The molecule has 2 heterocycles. The van der Waals surface area contributed by atoms with E-state index in [4.69, 9.17) is 14.2 Å². The van der Waals surface area contributed by atoms with E-state index in [9.17, 15) is 10.2 Å². The molecule has 4 rings (SSSR count). The zero-order valence-corrected chi connectivity index (χ0v) is 15.0. The molecule has 2 aliphatic rings. The predicted octanol–water partition coefficient (Wildman–Crippen LogP) is 2.34. The first-order valence-corrected chi connectivity index (χ1v) is 9.60. The average Bonchev–Trinajstić information content (AvgIpc) is 2.66. The van der Waals surface area contributed by atoms with Crippen molar-refractivity contribution in [3.05, 3.63) is 65.7 Å². The fourth-order valence-corrected chi connectivity index (χ4v) is 4.35. The molecule has 6 heteroatoms. The van der Waals surface area contributed by atoms with Gasteiger partial charge in [-0.1, -0.05) is 54.2 Å². The smallest absolute Gasteiger partial charge is 0.136 e. The van der Waals surface area contributed by atoms with Gasteiger partial charge in [0.2, 0.25) is 0 Å². The molecule has 5 atom stereocenters. The van der Waals surface area contributed by atoms with Gasteiger partial charge in [0.05, 0.1) is 19.8 Å². The molecule has 2 N–H and O–H groups in total. The first kappa shape index (κ1) is 18.0. The summed E-state index contributed by atoms with van der Waals surface area (Å²) in [6.07, 6.45) is -3.17. The molecular weight excluding hydrogens is 352 g/mol. The molecule has 1 fully saturated rings. The maximum atomic E-state index is 10.8. The fourth-order valence-electron chi connectivity index (χ4n) is 3.28. The molecule has 138 valence electrons. The van der Waals surface area contributed by atoms with Gasteiger partial charge < -0.3 is 24.4 Å². The van der Waals surface area contributed by atoms with E-state index in [0.29, 0.717) is 13.2 Å². The first-order valence-electron chi connectivity index (χ1n) is 8.72. The number of ether oxygens (including phenoxy) is 3. The van der Waals surface area contributed by atoms with Crippen molar-refractivity contribution in [2.45, 2.75) is 48.0 Å². The van der Waals surface area contributed by atoms with Crippen molar-refractivity contribution in [3.8, 4) is 0 Å². The molecule has 2 aliphatic heterocycles. The van der Waals surface area contributed by atoms with Crippen LogP contribution in [0.4, 0.5) is 0 Å². The molecule has 0 saturated carbocycles. The number of aliphatic hydroxyl groups is 2. The van der Waals surface area contributed by atoms with Gasteiger partial charge in [-0.2, -0.15) is 0 Å². The van der Waals surface area contributed by atoms with Crippen LogP contribution in [-0.2, 0) is 27.4 Å². The number of aliphatic hydroxyl groups excluding tert-OH is 2. The lowest BCUT2D eigenvalue weighted by Crippen LogP contribution is -2.58. The van der Waals surface area contributed by atoms with E-state index in [-0.39, 0.29) is 6.61 Å². The molecule has 0 aliphatic carbocycles. The molecule has 1 unspecified atom stereocenters. The Balaban J connectivity index is 1.56. The van der Waals surface area contributed by atoms with Crippen molar-refractivity contribution in [1.29, 1.82) is 0 Å². The summed E-state index contributed by atoms with van der Waals surface area (Å²) in [5, 5.41) is 21.4. The Morgan fingerprint density at radius 1 is 0.846 bits per heavy atom. The summed E-state index contributed by atoms with van der Waals surface area (Å²) in [4.78, 5) is 0.990. The van der Waals surface area contributed by atoms with Gasteiger partial charge in [-0.25, -0.2) is 0 Å². The van der Waals surface area contributed by atoms with E-state index in [2.05, 4.69) is 0 Å². The largest absolute Gasteiger partial charge is 0.387 e. The van der Waals surface area contributed by atoms with E-state index in [1.807, 2.05) is 54.6 Å². The Labute approximate surface area is 156 Å². The SMILES string of the molecule is O[C@H]1[C@@H]2OCc3ccccc3COC[C@H]1OC(Sc1ccccc1)[C@@H]2O. The Morgan fingerprint density at radius 3 is 2.31 bits per heavy atom. The first-order chi connectivity index (χ1) is 12.7. The normalized spacial score (nSPS) is 31.8. The summed E-state index contributed by atoms with van der Waals surface area (Å²) in [5.41, 5.74) is 1.52. The van der Waals surface area contributed by atoms with Gasteiger partial charge in [0.1, 0.15) is 29.9 Å². The predicted molar refractivity (Wildman–Crippen MR) is 97.6 cm³/mol. The van der Waals surface area contributed by atoms with Crippen LogP contribution < -0.4 is 0 Å². The number of benzene rings is 2. The molecule has 2 bridgehead atoms. The Morgan fingerprint density at radius 2 is 1.54 bits per heavy atom. The van der Waals surface area contributed by atoms with Crippen molar-refractivity contribution in [1.82, 2.24) is 0 Å². The van der Waals surface area contributed by atoms with Gasteiger partial charge in [0, 0.05) is 4.90 Å². The zero-order valence-electron chi connectivity index (χ0n) is 14.2. The van der Waals surface area contributed by atoms with Crippen LogP contribution >= 0.6 is 11.8 Å². The van der Waals surface area contributed by atoms with Crippen LogP contribution in [0.5, 0.6) is 0 Å². The topological polar surface area (TPSA) is 68.2 Å². The van der Waals surface area contributed by atoms with E-state index >= 15 is 0 Å². The fraction of sp³-hybridized carbons (Fsp3) is 0.400. The quantitative estimate of drug-likeness (QED) is 0.841. The van der Waals surface area contributed by atoms with Crippen molar-refractivity contribution in [2.75, 3.05) is 6.61 Å². The van der Waals surface area contributed by atoms with Gasteiger partial charge in [0.15, 0.2) is 0 Å². The van der Waals surface area contributed by atoms with Crippen LogP contribution in [0.3, 0.4) is 0 Å². The summed E-state index contributed by atoms with van der Waals surface area (Å²) >= 11 is 1.43. The van der Waals surface area contributed by atoms with Crippen molar-refractivity contribution in [3.63, 3.8) is 0 Å². The third kappa shape index (κ3) is 3.81. The van der Waals surface area contributed by atoms with Gasteiger partial charge >= 0.3 is 0 Å². The zero-order chi connectivity index (χ0) is 17.9. The highest BCUT2D eigenvalue weighted by atomic mass is 32.2. The van der Waals surface area contributed by atoms with Crippen LogP contribution in [0.2, 0.25) is 0 Å². The Bertz CT molecular complexity index is 725. The van der Waals surface area contributed by atoms with Crippen molar-refractivity contribution in [2.24, 2.45) is 0 Å². The molecular formula is C20H22O5S. The maximum Gasteiger partial charge on any atom is 0.136 e. The monoisotopic (exact) mass is 374 g/mol. The van der Waals surface area contributed by atoms with E-state index in [1.165, 1.54) is 11.8 Å². The van der Waals surface area contributed by atoms with Crippen LogP contribution in [0.25, 0.3) is 0 Å². The van der Waals surface area contributed by atoms with Crippen LogP contribution in [0.15, 0.2) is 59.5 Å². The summed E-state index contributed by atoms with van der Waals surface area (Å²) < 4.78 is 17.7. The molecule has 1 saturated heterocycles. The molecule has 2 aromatic carbocycles. The maximum absolute atomic E-state index is 10.8. The van der Waals surface area contributed by atoms with Gasteiger partial charge in [0.25, 0.3) is 0 Å². The van der Waals surface area contributed by atoms with Crippen LogP contribution in [0.1, 0.15) is 11.1 Å². The molecule has 2 aromatic rings. The molecule has 0 aromatic heterocycles. The number of fused-ring (bicyclic) bond motifs is 3. The second kappa shape index (κ2) is 8.08. The number of rotatable bonds is 2. The van der Waals surface area contributed by atoms with Crippen molar-refractivity contribution < 1.29 is 24.4 Å². The second-order valence-electron chi connectivity index (χ2n) is 6.51. The molecule has 5 nitrogen and oxygen atoms in total. The second-order valence-corrected chi connectivity index (χ2v) is 7.69. The van der Waals surface area contributed by atoms with Crippen LogP contribution in [-0.4, -0.2) is 46.7 Å². The lowest BCUT2D eigenvalue weighted by molar-refractivity contribution is -0.228. The summed E-state index contributed by atoms with van der Waals surface area (Å²) in [7, 11) is 0. The summed E-state index contributed by atoms with van der Waals surface area (Å²) in [6.45, 7) is 0.998. The standard InChI is InChI=1S/C20H22O5S/c21-17-16-12-23-10-13-6-4-5-7-14(13)11-24-19(17)18(22)20(25-16)26-15-8-2-1-3-9-15/h1-9,16-22H,10-12H2/t16-,17-,18-,19+,20?/m1/s1. The summed E-state index contributed by atoms with van der Waals surface area (Å²) in [6, 6.07) is 17.6. The van der Waals surface area contributed by atoms with Gasteiger partial charge in [-0.3, -0.25) is 0 Å². The minimum absolute atomic E-state index is 0.244. The third-order valence-electron chi connectivity index (χ3n) is 4.73. The lowest BCUT2D eigenvalue weighted by Gasteiger charge is -2.42. The number of hydrogen-bond donors (Lipinski definition) is 2. The van der Waals surface area contributed by atoms with Gasteiger partial charge in [-0.15, -0.1) is 0 Å². The highest BCUT2D eigenvalue weighted by molar-refractivity contribution is 7.99. The van der Waals surface area contributed by atoms with Crippen molar-refractivity contribution >= 4 is 11.8 Å². The Kier molecular flexibility index (Phi) is 5.59. The van der Waals surface area contributed by atoms with E-state index in [0.717, 1.165) is 16.0 Å².